The van der Waals surface area contributed by atoms with E-state index in [1.807, 2.05) is 0 Å². The Hall–Kier alpha value is -0.0200. The van der Waals surface area contributed by atoms with Crippen LogP contribution < -0.4 is 29.6 Å². The molecule has 0 radical (unpaired) electrons. The van der Waals surface area contributed by atoms with Crippen molar-refractivity contribution in [1.29, 1.82) is 0 Å². The number of carboxylic acids is 1. The van der Waals surface area contributed by atoms with Crippen LogP contribution >= 0.6 is 0 Å². The summed E-state index contributed by atoms with van der Waals surface area (Å²) in [5.74, 6) is -1.76. The molecule has 8 heteroatoms. The molecule has 5 N–H and O–H groups in total. The fourth-order valence-electron chi connectivity index (χ4n) is 0.615. The monoisotopic (exact) mass is 217 g/mol. The van der Waals surface area contributed by atoms with Crippen molar-refractivity contribution in [2.45, 2.75) is 24.4 Å². The van der Waals surface area contributed by atoms with Gasteiger partial charge in [-0.25, -0.2) is 4.79 Å². The van der Waals surface area contributed by atoms with Gasteiger partial charge < -0.3 is 30.3 Å². The number of hydrogen-bond acceptors (Lipinski definition) is 6. The second kappa shape index (κ2) is 7.30. The topological polar surface area (TPSA) is 135 Å². The van der Waals surface area contributed by atoms with Crippen molar-refractivity contribution in [1.82, 2.24) is 0 Å². The predicted molar refractivity (Wildman–Crippen MR) is 37.7 cm³/mol. The van der Waals surface area contributed by atoms with Gasteiger partial charge in [-0.15, -0.1) is 0 Å². The summed E-state index contributed by atoms with van der Waals surface area (Å²) in [5.41, 5.74) is 0. The average Bonchev–Trinajstić information content (AvgIpc) is 2.12. The van der Waals surface area contributed by atoms with E-state index in [0.29, 0.717) is 0 Å². The Bertz CT molecular complexity index is 197. The second-order valence-corrected chi connectivity index (χ2v) is 2.39. The van der Waals surface area contributed by atoms with Crippen LogP contribution in [0.5, 0.6) is 0 Å². The number of rotatable bonds is 5. The Morgan fingerprint density at radius 1 is 1.07 bits per heavy atom. The summed E-state index contributed by atoms with van der Waals surface area (Å²) in [4.78, 5) is 20.0. The summed E-state index contributed by atoms with van der Waals surface area (Å²) in [5, 5.41) is 43.2. The van der Waals surface area contributed by atoms with E-state index in [1.54, 1.807) is 0 Å². The fourth-order valence-corrected chi connectivity index (χ4v) is 0.615. The summed E-state index contributed by atoms with van der Waals surface area (Å²) in [6, 6.07) is 0. The van der Waals surface area contributed by atoms with Crippen LogP contribution in [0.1, 0.15) is 0 Å². The molecule has 7 nitrogen and oxygen atoms in total. The first-order chi connectivity index (χ1) is 5.91. The van der Waals surface area contributed by atoms with E-state index >= 15 is 0 Å². The molecular formula is C6H10NaO7+. The molecule has 0 aromatic heterocycles. The maximum atomic E-state index is 10.1. The molecule has 4 unspecified atom stereocenters. The van der Waals surface area contributed by atoms with Gasteiger partial charge in [0, 0.05) is 0 Å². The van der Waals surface area contributed by atoms with Gasteiger partial charge in [-0.05, 0) is 0 Å². The van der Waals surface area contributed by atoms with Crippen molar-refractivity contribution in [3.8, 4) is 0 Å². The van der Waals surface area contributed by atoms with Gasteiger partial charge in [0.1, 0.15) is 18.3 Å². The molecule has 0 rings (SSSR count). The van der Waals surface area contributed by atoms with Crippen LogP contribution in [0.2, 0.25) is 0 Å². The molecule has 0 fully saturated rings. The van der Waals surface area contributed by atoms with Gasteiger partial charge in [-0.1, -0.05) is 0 Å². The van der Waals surface area contributed by atoms with E-state index < -0.39 is 30.4 Å². The molecule has 0 amide bonds. The van der Waals surface area contributed by atoms with Crippen LogP contribution in [-0.2, 0) is 9.59 Å². The number of carbonyl (C=O) groups is 2. The van der Waals surface area contributed by atoms with E-state index in [1.165, 1.54) is 0 Å². The van der Waals surface area contributed by atoms with Crippen molar-refractivity contribution in [2.75, 3.05) is 0 Å². The summed E-state index contributed by atoms with van der Waals surface area (Å²) >= 11 is 0. The summed E-state index contributed by atoms with van der Waals surface area (Å²) in [6.07, 6.45) is -8.39. The molecule has 0 aliphatic rings. The first kappa shape index (κ1) is 16.4. The maximum absolute atomic E-state index is 10.1. The molecule has 0 saturated carbocycles. The standard InChI is InChI=1S/C6H10O7.Na/c7-1-2(8)3(9)4(10)5(11)6(12)13;/h1-5,8-11H,(H,12,13);/q;+1. The summed E-state index contributed by atoms with van der Waals surface area (Å²) < 4.78 is 0. The Morgan fingerprint density at radius 2 is 1.50 bits per heavy atom. The van der Waals surface area contributed by atoms with Gasteiger partial charge in [-0.3, -0.25) is 0 Å². The number of aliphatic hydroxyl groups is 4. The molecule has 0 heterocycles. The van der Waals surface area contributed by atoms with Crippen LogP contribution in [0.25, 0.3) is 0 Å². The van der Waals surface area contributed by atoms with Gasteiger partial charge in [-0.2, -0.15) is 0 Å². The molecular weight excluding hydrogens is 207 g/mol. The zero-order chi connectivity index (χ0) is 10.6. The molecule has 0 aliphatic heterocycles. The molecule has 0 saturated heterocycles. The van der Waals surface area contributed by atoms with Crippen LogP contribution in [0, 0.1) is 0 Å². The van der Waals surface area contributed by atoms with Crippen LogP contribution in [0.3, 0.4) is 0 Å². The number of hydrogen-bond donors (Lipinski definition) is 5. The first-order valence-corrected chi connectivity index (χ1v) is 3.32. The van der Waals surface area contributed by atoms with Gasteiger partial charge in [0.25, 0.3) is 0 Å². The smallest absolute Gasteiger partial charge is 0.479 e. The molecule has 14 heavy (non-hydrogen) atoms. The molecule has 0 spiro atoms. The normalized spacial score (nSPS) is 18.6. The van der Waals surface area contributed by atoms with Crippen molar-refractivity contribution < 1.29 is 64.7 Å². The third kappa shape index (κ3) is 4.47. The Labute approximate surface area is 101 Å². The number of aliphatic carboxylic acids is 1. The third-order valence-corrected chi connectivity index (χ3v) is 1.42. The summed E-state index contributed by atoms with van der Waals surface area (Å²) in [7, 11) is 0. The Morgan fingerprint density at radius 3 is 1.79 bits per heavy atom. The maximum Gasteiger partial charge on any atom is 1.00 e. The molecule has 0 aromatic carbocycles. The van der Waals surface area contributed by atoms with E-state index in [2.05, 4.69) is 0 Å². The van der Waals surface area contributed by atoms with Crippen molar-refractivity contribution in [2.24, 2.45) is 0 Å². The Kier molecular flexibility index (Phi) is 8.55. The van der Waals surface area contributed by atoms with Crippen LogP contribution in [0.4, 0.5) is 0 Å². The largest absolute Gasteiger partial charge is 1.00 e. The van der Waals surface area contributed by atoms with Gasteiger partial charge in [0.05, 0.1) is 0 Å². The quantitative estimate of drug-likeness (QED) is 0.228. The summed E-state index contributed by atoms with van der Waals surface area (Å²) in [6.45, 7) is 0. The van der Waals surface area contributed by atoms with Crippen molar-refractivity contribution in [3.63, 3.8) is 0 Å². The first-order valence-electron chi connectivity index (χ1n) is 3.32. The molecule has 76 valence electrons. The van der Waals surface area contributed by atoms with E-state index in [-0.39, 0.29) is 35.8 Å². The minimum absolute atomic E-state index is 0. The molecule has 0 aromatic rings. The van der Waals surface area contributed by atoms with Crippen LogP contribution in [0.15, 0.2) is 0 Å². The zero-order valence-electron chi connectivity index (χ0n) is 7.44. The number of aliphatic hydroxyl groups excluding tert-OH is 4. The SMILES string of the molecule is O=CC(O)C(O)C(O)C(O)C(=O)O.[Na+]. The van der Waals surface area contributed by atoms with Crippen molar-refractivity contribution >= 4 is 12.3 Å². The fraction of sp³-hybridized carbons (Fsp3) is 0.667. The van der Waals surface area contributed by atoms with E-state index in [4.69, 9.17) is 25.5 Å². The number of carbonyl (C=O) groups excluding carboxylic acids is 1. The van der Waals surface area contributed by atoms with E-state index in [9.17, 15) is 9.59 Å². The number of aldehydes is 1. The van der Waals surface area contributed by atoms with Crippen LogP contribution in [-0.4, -0.2) is 62.2 Å². The molecule has 4 atom stereocenters. The third-order valence-electron chi connectivity index (χ3n) is 1.42. The average molecular weight is 217 g/mol. The van der Waals surface area contributed by atoms with Gasteiger partial charge in [0.15, 0.2) is 12.4 Å². The molecule has 0 aliphatic carbocycles. The van der Waals surface area contributed by atoms with E-state index in [0.717, 1.165) is 0 Å². The van der Waals surface area contributed by atoms with Gasteiger partial charge in [0.2, 0.25) is 0 Å². The second-order valence-electron chi connectivity index (χ2n) is 2.39. The minimum atomic E-state index is -2.25. The van der Waals surface area contributed by atoms with Gasteiger partial charge >= 0.3 is 35.5 Å². The predicted octanol–water partition coefficient (Wildman–Crippen LogP) is -6.28. The molecule has 0 bridgehead atoms. The Balaban J connectivity index is 0. The zero-order valence-corrected chi connectivity index (χ0v) is 9.44. The number of carboxylic acid groups (broad SMARTS) is 1. The minimum Gasteiger partial charge on any atom is -0.479 e. The van der Waals surface area contributed by atoms with Crippen molar-refractivity contribution in [3.05, 3.63) is 0 Å².